The summed E-state index contributed by atoms with van der Waals surface area (Å²) in [4.78, 5) is 11.9. The van der Waals surface area contributed by atoms with E-state index in [4.69, 9.17) is 4.74 Å². The highest BCUT2D eigenvalue weighted by Crippen LogP contribution is 2.23. The van der Waals surface area contributed by atoms with Crippen LogP contribution in [0, 0.1) is 5.41 Å². The molecule has 0 saturated heterocycles. The fourth-order valence-corrected chi connectivity index (χ4v) is 2.58. The SMILES string of the molecule is CCC(C)(C)C(=O)Oc1ccc([Si](C)(C)C)cc1. The Balaban J connectivity index is 2.79. The molecule has 100 valence electrons. The van der Waals surface area contributed by atoms with Crippen LogP contribution < -0.4 is 9.92 Å². The molecule has 2 nitrogen and oxygen atoms in total. The summed E-state index contributed by atoms with van der Waals surface area (Å²) in [6.07, 6.45) is 0.777. The summed E-state index contributed by atoms with van der Waals surface area (Å²) < 4.78 is 5.41. The van der Waals surface area contributed by atoms with Crippen molar-refractivity contribution >= 4 is 19.2 Å². The lowest BCUT2D eigenvalue weighted by Gasteiger charge is -2.21. The Hall–Kier alpha value is -1.09. The minimum atomic E-state index is -1.28. The van der Waals surface area contributed by atoms with Gasteiger partial charge in [-0.2, -0.15) is 0 Å². The van der Waals surface area contributed by atoms with Crippen molar-refractivity contribution in [2.24, 2.45) is 5.41 Å². The lowest BCUT2D eigenvalue weighted by molar-refractivity contribution is -0.144. The lowest BCUT2D eigenvalue weighted by atomic mass is 9.91. The largest absolute Gasteiger partial charge is 0.426 e. The molecule has 1 aromatic rings. The average Bonchev–Trinajstić information content (AvgIpc) is 2.28. The average molecular weight is 264 g/mol. The summed E-state index contributed by atoms with van der Waals surface area (Å²) in [5.41, 5.74) is -0.419. The minimum absolute atomic E-state index is 0.161. The Bertz CT molecular complexity index is 413. The van der Waals surface area contributed by atoms with Gasteiger partial charge in [-0.1, -0.05) is 43.9 Å². The van der Waals surface area contributed by atoms with Gasteiger partial charge in [-0.15, -0.1) is 0 Å². The molecule has 0 aliphatic rings. The van der Waals surface area contributed by atoms with E-state index in [2.05, 4.69) is 31.8 Å². The highest BCUT2D eigenvalue weighted by Gasteiger charge is 2.27. The molecule has 0 N–H and O–H groups in total. The van der Waals surface area contributed by atoms with Crippen LogP contribution in [0.1, 0.15) is 27.2 Å². The molecule has 0 aliphatic carbocycles. The molecule has 18 heavy (non-hydrogen) atoms. The van der Waals surface area contributed by atoms with Gasteiger partial charge in [-0.25, -0.2) is 0 Å². The Morgan fingerprint density at radius 3 is 2.06 bits per heavy atom. The number of ether oxygens (including phenoxy) is 1. The molecule has 1 aromatic carbocycles. The first-order valence-electron chi connectivity index (χ1n) is 6.49. The maximum atomic E-state index is 11.9. The van der Waals surface area contributed by atoms with Crippen LogP contribution >= 0.6 is 0 Å². The molecule has 0 unspecified atom stereocenters. The van der Waals surface area contributed by atoms with Crippen molar-refractivity contribution in [3.05, 3.63) is 24.3 Å². The molecule has 0 aromatic heterocycles. The van der Waals surface area contributed by atoms with E-state index in [1.807, 2.05) is 32.9 Å². The van der Waals surface area contributed by atoms with Crippen LogP contribution in [0.4, 0.5) is 0 Å². The van der Waals surface area contributed by atoms with Gasteiger partial charge in [-0.05, 0) is 32.4 Å². The standard InChI is InChI=1S/C15H24O2Si/c1-7-15(2,3)14(16)17-12-8-10-13(11-9-12)18(4,5)6/h8-11H,7H2,1-6H3. The summed E-state index contributed by atoms with van der Waals surface area (Å²) >= 11 is 0. The molecule has 0 amide bonds. The van der Waals surface area contributed by atoms with Crippen molar-refractivity contribution < 1.29 is 9.53 Å². The molecule has 0 heterocycles. The van der Waals surface area contributed by atoms with Gasteiger partial charge in [0, 0.05) is 0 Å². The van der Waals surface area contributed by atoms with Gasteiger partial charge in [0.05, 0.1) is 13.5 Å². The molecule has 0 atom stereocenters. The van der Waals surface area contributed by atoms with Crippen LogP contribution in [0.25, 0.3) is 0 Å². The van der Waals surface area contributed by atoms with E-state index in [9.17, 15) is 4.79 Å². The van der Waals surface area contributed by atoms with Crippen molar-refractivity contribution in [3.8, 4) is 5.75 Å². The van der Waals surface area contributed by atoms with E-state index in [0.717, 1.165) is 6.42 Å². The van der Waals surface area contributed by atoms with Crippen LogP contribution in [0.5, 0.6) is 5.75 Å². The van der Waals surface area contributed by atoms with Gasteiger partial charge >= 0.3 is 5.97 Å². The molecule has 3 heteroatoms. The first-order valence-corrected chi connectivity index (χ1v) is 9.99. The zero-order chi connectivity index (χ0) is 14.0. The van der Waals surface area contributed by atoms with E-state index in [-0.39, 0.29) is 5.97 Å². The highest BCUT2D eigenvalue weighted by molar-refractivity contribution is 6.88. The van der Waals surface area contributed by atoms with E-state index in [0.29, 0.717) is 5.75 Å². The van der Waals surface area contributed by atoms with Crippen LogP contribution in [-0.4, -0.2) is 14.0 Å². The maximum Gasteiger partial charge on any atom is 0.316 e. The summed E-state index contributed by atoms with van der Waals surface area (Å²) in [7, 11) is -1.28. The Kier molecular flexibility index (Phi) is 4.38. The number of benzene rings is 1. The highest BCUT2D eigenvalue weighted by atomic mass is 28.3. The Morgan fingerprint density at radius 1 is 1.17 bits per heavy atom. The summed E-state index contributed by atoms with van der Waals surface area (Å²) in [6.45, 7) is 12.7. The second-order valence-corrected chi connectivity index (χ2v) is 11.5. The minimum Gasteiger partial charge on any atom is -0.426 e. The van der Waals surface area contributed by atoms with Gasteiger partial charge < -0.3 is 4.74 Å². The first kappa shape index (κ1) is 15.0. The topological polar surface area (TPSA) is 26.3 Å². The number of esters is 1. The molecule has 0 spiro atoms. The molecule has 0 fully saturated rings. The summed E-state index contributed by atoms with van der Waals surface area (Å²) in [5, 5.41) is 1.37. The quantitative estimate of drug-likeness (QED) is 0.472. The van der Waals surface area contributed by atoms with E-state index < -0.39 is 13.5 Å². The second kappa shape index (κ2) is 5.27. The fraction of sp³-hybridized carbons (Fsp3) is 0.533. The molecule has 0 bridgehead atoms. The Labute approximate surface area is 111 Å². The van der Waals surface area contributed by atoms with Crippen LogP contribution in [0.3, 0.4) is 0 Å². The molecule has 1 rings (SSSR count). The third-order valence-corrected chi connectivity index (χ3v) is 5.43. The van der Waals surface area contributed by atoms with Crippen molar-refractivity contribution in [1.82, 2.24) is 0 Å². The number of carbonyl (C=O) groups is 1. The maximum absolute atomic E-state index is 11.9. The summed E-state index contributed by atoms with van der Waals surface area (Å²) in [6, 6.07) is 7.95. The first-order chi connectivity index (χ1) is 8.16. The number of hydrogen-bond donors (Lipinski definition) is 0. The number of carbonyl (C=O) groups excluding carboxylic acids is 1. The molecular formula is C15H24O2Si. The predicted octanol–water partition coefficient (Wildman–Crippen LogP) is 3.57. The molecule has 0 radical (unpaired) electrons. The van der Waals surface area contributed by atoms with Crippen molar-refractivity contribution in [2.75, 3.05) is 0 Å². The van der Waals surface area contributed by atoms with Gasteiger partial charge in [0.25, 0.3) is 0 Å². The van der Waals surface area contributed by atoms with Crippen LogP contribution in [0.15, 0.2) is 24.3 Å². The molecule has 0 aliphatic heterocycles. The van der Waals surface area contributed by atoms with Gasteiger partial charge in [0.2, 0.25) is 0 Å². The van der Waals surface area contributed by atoms with Crippen molar-refractivity contribution in [2.45, 2.75) is 46.8 Å². The number of rotatable bonds is 4. The zero-order valence-corrected chi connectivity index (χ0v) is 13.3. The van der Waals surface area contributed by atoms with E-state index >= 15 is 0 Å². The van der Waals surface area contributed by atoms with Crippen molar-refractivity contribution in [3.63, 3.8) is 0 Å². The van der Waals surface area contributed by atoms with Gasteiger partial charge in [0.15, 0.2) is 0 Å². The summed E-state index contributed by atoms with van der Waals surface area (Å²) in [5.74, 6) is 0.481. The predicted molar refractivity (Wildman–Crippen MR) is 79.1 cm³/mol. The number of hydrogen-bond acceptors (Lipinski definition) is 2. The molecule has 0 saturated carbocycles. The van der Waals surface area contributed by atoms with Gasteiger partial charge in [0.1, 0.15) is 5.75 Å². The normalized spacial score (nSPS) is 12.3. The second-order valence-electron chi connectivity index (χ2n) is 6.40. The Morgan fingerprint density at radius 2 is 1.67 bits per heavy atom. The van der Waals surface area contributed by atoms with Crippen molar-refractivity contribution in [1.29, 1.82) is 0 Å². The van der Waals surface area contributed by atoms with Gasteiger partial charge in [-0.3, -0.25) is 4.79 Å². The van der Waals surface area contributed by atoms with Crippen LogP contribution in [-0.2, 0) is 4.79 Å². The lowest BCUT2D eigenvalue weighted by Crippen LogP contribution is -2.37. The molecular weight excluding hydrogens is 240 g/mol. The van der Waals surface area contributed by atoms with Crippen LogP contribution in [0.2, 0.25) is 19.6 Å². The third-order valence-electron chi connectivity index (χ3n) is 3.37. The monoisotopic (exact) mass is 264 g/mol. The fourth-order valence-electron chi connectivity index (χ4n) is 1.41. The smallest absolute Gasteiger partial charge is 0.316 e. The zero-order valence-electron chi connectivity index (χ0n) is 12.3. The van der Waals surface area contributed by atoms with E-state index in [1.54, 1.807) is 0 Å². The third kappa shape index (κ3) is 3.70. The van der Waals surface area contributed by atoms with E-state index in [1.165, 1.54) is 5.19 Å².